The zero-order chi connectivity index (χ0) is 12.8. The number of nitrogens with one attached hydrogen (secondary N) is 1. The summed E-state index contributed by atoms with van der Waals surface area (Å²) in [7, 11) is 0. The molecular formula is C12H19N3O2. The average Bonchev–Trinajstić information content (AvgIpc) is 2.30. The van der Waals surface area contributed by atoms with E-state index in [0.29, 0.717) is 18.2 Å². The Morgan fingerprint density at radius 2 is 2.29 bits per heavy atom. The summed E-state index contributed by atoms with van der Waals surface area (Å²) in [6, 6.07) is 2.94. The van der Waals surface area contributed by atoms with Crippen LogP contribution in [0.4, 0.5) is 5.69 Å². The third-order valence-corrected chi connectivity index (χ3v) is 2.33. The quantitative estimate of drug-likeness (QED) is 0.811. The normalized spacial score (nSPS) is 12.3. The number of ether oxygens (including phenoxy) is 1. The standard InChI is InChI=1S/C12H19N3O2/c1-4-17-12-9(6-5-7-14-12)15-11(16)10(13)8(2)3/h5-8,10H,4,13H2,1-3H3,(H,15,16). The first-order valence-electron chi connectivity index (χ1n) is 5.70. The topological polar surface area (TPSA) is 77.2 Å². The molecule has 0 aliphatic rings. The second kappa shape index (κ2) is 6.20. The molecule has 0 aliphatic heterocycles. The minimum Gasteiger partial charge on any atom is -0.476 e. The van der Waals surface area contributed by atoms with E-state index in [9.17, 15) is 4.79 Å². The van der Waals surface area contributed by atoms with Gasteiger partial charge in [0.15, 0.2) is 0 Å². The fourth-order valence-corrected chi connectivity index (χ4v) is 1.26. The maximum Gasteiger partial charge on any atom is 0.241 e. The highest BCUT2D eigenvalue weighted by Gasteiger charge is 2.18. The lowest BCUT2D eigenvalue weighted by Gasteiger charge is -2.16. The van der Waals surface area contributed by atoms with Crippen LogP contribution in [0.5, 0.6) is 5.88 Å². The lowest BCUT2D eigenvalue weighted by molar-refractivity contribution is -0.118. The van der Waals surface area contributed by atoms with Gasteiger partial charge in [-0.25, -0.2) is 4.98 Å². The van der Waals surface area contributed by atoms with Gasteiger partial charge in [0.2, 0.25) is 11.8 Å². The first-order valence-corrected chi connectivity index (χ1v) is 5.70. The molecule has 1 aromatic rings. The van der Waals surface area contributed by atoms with Gasteiger partial charge in [-0.15, -0.1) is 0 Å². The van der Waals surface area contributed by atoms with E-state index in [0.717, 1.165) is 0 Å². The van der Waals surface area contributed by atoms with Crippen molar-refractivity contribution in [1.29, 1.82) is 0 Å². The van der Waals surface area contributed by atoms with Gasteiger partial charge < -0.3 is 15.8 Å². The molecule has 1 atom stereocenters. The van der Waals surface area contributed by atoms with Gasteiger partial charge in [-0.1, -0.05) is 13.8 Å². The number of carbonyl (C=O) groups is 1. The molecule has 1 heterocycles. The van der Waals surface area contributed by atoms with Gasteiger partial charge in [-0.2, -0.15) is 0 Å². The predicted octanol–water partition coefficient (Wildman–Crippen LogP) is 1.40. The largest absolute Gasteiger partial charge is 0.476 e. The molecule has 17 heavy (non-hydrogen) atoms. The maximum atomic E-state index is 11.8. The summed E-state index contributed by atoms with van der Waals surface area (Å²) in [5, 5.41) is 2.72. The van der Waals surface area contributed by atoms with Crippen LogP contribution in [0.15, 0.2) is 18.3 Å². The molecule has 0 saturated heterocycles. The minimum atomic E-state index is -0.537. The van der Waals surface area contributed by atoms with E-state index in [4.69, 9.17) is 10.5 Å². The summed E-state index contributed by atoms with van der Waals surface area (Å²) < 4.78 is 5.31. The van der Waals surface area contributed by atoms with Crippen LogP contribution in [0.2, 0.25) is 0 Å². The van der Waals surface area contributed by atoms with Gasteiger partial charge in [-0.05, 0) is 25.0 Å². The maximum absolute atomic E-state index is 11.8. The Morgan fingerprint density at radius 1 is 1.59 bits per heavy atom. The second-order valence-electron chi connectivity index (χ2n) is 4.05. The number of hydrogen-bond donors (Lipinski definition) is 2. The lowest BCUT2D eigenvalue weighted by atomic mass is 10.1. The van der Waals surface area contributed by atoms with Crippen LogP contribution in [-0.4, -0.2) is 23.5 Å². The van der Waals surface area contributed by atoms with Crippen LogP contribution < -0.4 is 15.8 Å². The van der Waals surface area contributed by atoms with Crippen LogP contribution in [0.1, 0.15) is 20.8 Å². The molecule has 0 bridgehead atoms. The molecule has 5 heteroatoms. The van der Waals surface area contributed by atoms with Crippen molar-refractivity contribution < 1.29 is 9.53 Å². The molecule has 0 spiro atoms. The first-order chi connectivity index (χ1) is 8.06. The van der Waals surface area contributed by atoms with Crippen LogP contribution in [0, 0.1) is 5.92 Å². The van der Waals surface area contributed by atoms with Crippen molar-refractivity contribution in [2.75, 3.05) is 11.9 Å². The highest BCUT2D eigenvalue weighted by Crippen LogP contribution is 2.20. The number of rotatable bonds is 5. The molecule has 0 saturated carbocycles. The predicted molar refractivity (Wildman–Crippen MR) is 66.8 cm³/mol. The van der Waals surface area contributed by atoms with Crippen molar-refractivity contribution in [2.24, 2.45) is 11.7 Å². The van der Waals surface area contributed by atoms with Gasteiger partial charge in [0, 0.05) is 6.20 Å². The molecule has 0 fully saturated rings. The van der Waals surface area contributed by atoms with Crippen molar-refractivity contribution in [2.45, 2.75) is 26.8 Å². The monoisotopic (exact) mass is 237 g/mol. The molecule has 3 N–H and O–H groups in total. The third-order valence-electron chi connectivity index (χ3n) is 2.33. The van der Waals surface area contributed by atoms with E-state index in [1.165, 1.54) is 0 Å². The smallest absolute Gasteiger partial charge is 0.241 e. The van der Waals surface area contributed by atoms with Crippen molar-refractivity contribution in [3.63, 3.8) is 0 Å². The van der Waals surface area contributed by atoms with Crippen molar-refractivity contribution in [3.05, 3.63) is 18.3 Å². The van der Waals surface area contributed by atoms with E-state index < -0.39 is 6.04 Å². The highest BCUT2D eigenvalue weighted by atomic mass is 16.5. The number of pyridine rings is 1. The molecule has 1 aromatic heterocycles. The van der Waals surface area contributed by atoms with Crippen LogP contribution in [0.25, 0.3) is 0 Å². The first kappa shape index (κ1) is 13.4. The summed E-state index contributed by atoms with van der Waals surface area (Å²) in [4.78, 5) is 15.8. The summed E-state index contributed by atoms with van der Waals surface area (Å²) >= 11 is 0. The molecule has 0 aromatic carbocycles. The van der Waals surface area contributed by atoms with Crippen LogP contribution in [0.3, 0.4) is 0 Å². The van der Waals surface area contributed by atoms with E-state index in [1.54, 1.807) is 18.3 Å². The Kier molecular flexibility index (Phi) is 4.90. The lowest BCUT2D eigenvalue weighted by Crippen LogP contribution is -2.39. The van der Waals surface area contributed by atoms with Gasteiger partial charge in [-0.3, -0.25) is 4.79 Å². The van der Waals surface area contributed by atoms with Crippen molar-refractivity contribution in [3.8, 4) is 5.88 Å². The van der Waals surface area contributed by atoms with E-state index in [-0.39, 0.29) is 11.8 Å². The second-order valence-corrected chi connectivity index (χ2v) is 4.05. The van der Waals surface area contributed by atoms with Gasteiger partial charge in [0.1, 0.15) is 5.69 Å². The van der Waals surface area contributed by atoms with Crippen molar-refractivity contribution in [1.82, 2.24) is 4.98 Å². The third kappa shape index (κ3) is 3.71. The summed E-state index contributed by atoms with van der Waals surface area (Å²) in [6.07, 6.45) is 1.61. The number of nitrogens with zero attached hydrogens (tertiary/aromatic N) is 1. The Labute approximate surface area is 101 Å². The molecule has 1 amide bonds. The van der Waals surface area contributed by atoms with Gasteiger partial charge in [0.25, 0.3) is 0 Å². The minimum absolute atomic E-state index is 0.0854. The van der Waals surface area contributed by atoms with Crippen LogP contribution >= 0.6 is 0 Å². The average molecular weight is 237 g/mol. The molecule has 1 rings (SSSR count). The molecule has 5 nitrogen and oxygen atoms in total. The number of nitrogens with two attached hydrogens (primary N) is 1. The molecule has 1 unspecified atom stereocenters. The zero-order valence-electron chi connectivity index (χ0n) is 10.4. The Bertz CT molecular complexity index is 380. The molecule has 0 radical (unpaired) electrons. The molecule has 94 valence electrons. The van der Waals surface area contributed by atoms with Gasteiger partial charge in [0.05, 0.1) is 12.6 Å². The summed E-state index contributed by atoms with van der Waals surface area (Å²) in [5.41, 5.74) is 6.31. The number of carbonyl (C=O) groups excluding carboxylic acids is 1. The SMILES string of the molecule is CCOc1ncccc1NC(=O)C(N)C(C)C. The molecule has 0 aliphatic carbocycles. The van der Waals surface area contributed by atoms with E-state index >= 15 is 0 Å². The van der Waals surface area contributed by atoms with Crippen molar-refractivity contribution >= 4 is 11.6 Å². The Morgan fingerprint density at radius 3 is 2.88 bits per heavy atom. The Balaban J connectivity index is 2.77. The number of anilines is 1. The molecular weight excluding hydrogens is 218 g/mol. The summed E-state index contributed by atoms with van der Waals surface area (Å²) in [6.45, 7) is 6.16. The fourth-order valence-electron chi connectivity index (χ4n) is 1.26. The zero-order valence-corrected chi connectivity index (χ0v) is 10.4. The fraction of sp³-hybridized carbons (Fsp3) is 0.500. The van der Waals surface area contributed by atoms with Gasteiger partial charge >= 0.3 is 0 Å². The highest BCUT2D eigenvalue weighted by molar-refractivity contribution is 5.95. The Hall–Kier alpha value is -1.62. The number of amides is 1. The van der Waals surface area contributed by atoms with E-state index in [1.807, 2.05) is 20.8 Å². The summed E-state index contributed by atoms with van der Waals surface area (Å²) in [5.74, 6) is 0.274. The number of hydrogen-bond acceptors (Lipinski definition) is 4. The van der Waals surface area contributed by atoms with Crippen LogP contribution in [-0.2, 0) is 4.79 Å². The number of aromatic nitrogens is 1. The van der Waals surface area contributed by atoms with E-state index in [2.05, 4.69) is 10.3 Å².